The van der Waals surface area contributed by atoms with Crippen LogP contribution in [0.1, 0.15) is 47.9 Å². The second-order valence-corrected chi connectivity index (χ2v) is 8.87. The van der Waals surface area contributed by atoms with Crippen LogP contribution in [0.25, 0.3) is 0 Å². The smallest absolute Gasteiger partial charge is 0.119 e. The van der Waals surface area contributed by atoms with E-state index >= 15 is 0 Å². The predicted molar refractivity (Wildman–Crippen MR) is 129 cm³/mol. The van der Waals surface area contributed by atoms with Crippen LogP contribution < -0.4 is 0 Å². The summed E-state index contributed by atoms with van der Waals surface area (Å²) in [7, 11) is 0. The number of hydrogen-bond donors (Lipinski definition) is 3. The summed E-state index contributed by atoms with van der Waals surface area (Å²) in [6, 6.07) is 22.6. The monoisotopic (exact) mass is 426 g/mol. The van der Waals surface area contributed by atoms with Gasteiger partial charge in [0.05, 0.1) is 0 Å². The third-order valence-corrected chi connectivity index (χ3v) is 6.46. The first-order chi connectivity index (χ1) is 15.4. The van der Waals surface area contributed by atoms with Crippen molar-refractivity contribution in [1.82, 2.24) is 0 Å². The lowest BCUT2D eigenvalue weighted by molar-refractivity contribution is 0.0305. The predicted octanol–water partition coefficient (Wildman–Crippen LogP) is 6.18. The van der Waals surface area contributed by atoms with Gasteiger partial charge in [-0.15, -0.1) is 0 Å². The van der Waals surface area contributed by atoms with Crippen molar-refractivity contribution in [3.8, 4) is 11.5 Å². The van der Waals surface area contributed by atoms with Gasteiger partial charge in [0.2, 0.25) is 0 Å². The molecule has 0 heterocycles. The molecular formula is C29H30O3. The molecular weight excluding hydrogens is 396 g/mol. The molecule has 0 fully saturated rings. The average Bonchev–Trinajstić information content (AvgIpc) is 2.79. The zero-order valence-corrected chi connectivity index (χ0v) is 18.5. The Labute approximate surface area is 190 Å². The van der Waals surface area contributed by atoms with E-state index in [4.69, 9.17) is 0 Å². The topological polar surface area (TPSA) is 60.7 Å². The first-order valence-electron chi connectivity index (χ1n) is 11.1. The molecule has 1 aliphatic rings. The number of rotatable bonds is 6. The summed E-state index contributed by atoms with van der Waals surface area (Å²) in [6.07, 6.45) is 8.35. The summed E-state index contributed by atoms with van der Waals surface area (Å²) in [5.74, 6) is 0.153. The molecule has 0 saturated carbocycles. The molecule has 0 aromatic heterocycles. The molecule has 0 bridgehead atoms. The van der Waals surface area contributed by atoms with E-state index in [2.05, 4.69) is 32.0 Å². The van der Waals surface area contributed by atoms with E-state index in [0.717, 1.165) is 16.7 Å². The van der Waals surface area contributed by atoms with Crippen molar-refractivity contribution in [2.24, 2.45) is 5.92 Å². The highest BCUT2D eigenvalue weighted by Gasteiger charge is 2.42. The summed E-state index contributed by atoms with van der Waals surface area (Å²) in [6.45, 7) is 4.25. The SMILES string of the molecule is CC(C)c1cccc(O)c1C(Cc1ccccc1)C1C=CC=CC1(O)c1ccc(O)cc1. The van der Waals surface area contributed by atoms with E-state index in [1.54, 1.807) is 30.3 Å². The quantitative estimate of drug-likeness (QED) is 0.441. The van der Waals surface area contributed by atoms with Gasteiger partial charge in [-0.05, 0) is 53.3 Å². The second-order valence-electron chi connectivity index (χ2n) is 8.87. The normalized spacial score (nSPS) is 21.1. The fraction of sp³-hybridized carbons (Fsp3) is 0.241. The Hall–Kier alpha value is -3.30. The molecule has 0 saturated heterocycles. The van der Waals surface area contributed by atoms with Crippen molar-refractivity contribution in [2.75, 3.05) is 0 Å². The molecule has 3 aromatic carbocycles. The lowest BCUT2D eigenvalue weighted by atomic mass is 9.67. The molecule has 3 heteroatoms. The van der Waals surface area contributed by atoms with Gasteiger partial charge in [0.1, 0.15) is 17.1 Å². The summed E-state index contributed by atoms with van der Waals surface area (Å²) < 4.78 is 0. The minimum atomic E-state index is -1.28. The lowest BCUT2D eigenvalue weighted by Crippen LogP contribution is -2.38. The Morgan fingerprint density at radius 3 is 2.25 bits per heavy atom. The number of benzene rings is 3. The molecule has 0 radical (unpaired) electrons. The van der Waals surface area contributed by atoms with Crippen LogP contribution in [0.2, 0.25) is 0 Å². The molecule has 32 heavy (non-hydrogen) atoms. The van der Waals surface area contributed by atoms with Gasteiger partial charge >= 0.3 is 0 Å². The molecule has 3 N–H and O–H groups in total. The van der Waals surface area contributed by atoms with Gasteiger partial charge in [0.15, 0.2) is 0 Å². The lowest BCUT2D eigenvalue weighted by Gasteiger charge is -2.40. The van der Waals surface area contributed by atoms with E-state index in [1.807, 2.05) is 48.6 Å². The Kier molecular flexibility index (Phi) is 6.20. The van der Waals surface area contributed by atoms with Gasteiger partial charge in [0, 0.05) is 17.4 Å². The van der Waals surface area contributed by atoms with Gasteiger partial charge in [-0.3, -0.25) is 0 Å². The zero-order chi connectivity index (χ0) is 22.7. The fourth-order valence-electron chi connectivity index (χ4n) is 4.86. The minimum Gasteiger partial charge on any atom is -0.508 e. The number of phenols is 2. The maximum atomic E-state index is 12.0. The van der Waals surface area contributed by atoms with E-state index < -0.39 is 5.60 Å². The molecule has 4 rings (SSSR count). The molecule has 3 nitrogen and oxygen atoms in total. The van der Waals surface area contributed by atoms with Gasteiger partial charge in [-0.25, -0.2) is 0 Å². The largest absolute Gasteiger partial charge is 0.508 e. The molecule has 3 atom stereocenters. The highest BCUT2D eigenvalue weighted by atomic mass is 16.3. The van der Waals surface area contributed by atoms with Gasteiger partial charge < -0.3 is 15.3 Å². The Balaban J connectivity index is 1.89. The minimum absolute atomic E-state index is 0.160. The average molecular weight is 427 g/mol. The highest BCUT2D eigenvalue weighted by Crippen LogP contribution is 2.48. The number of phenolic OH excluding ortho intramolecular Hbond substituents is 2. The molecule has 0 spiro atoms. The summed E-state index contributed by atoms with van der Waals surface area (Å²) >= 11 is 0. The number of aliphatic hydroxyl groups is 1. The van der Waals surface area contributed by atoms with Crippen LogP contribution in [0.15, 0.2) is 97.1 Å². The Morgan fingerprint density at radius 1 is 0.844 bits per heavy atom. The van der Waals surface area contributed by atoms with Crippen molar-refractivity contribution in [1.29, 1.82) is 0 Å². The van der Waals surface area contributed by atoms with Crippen molar-refractivity contribution in [2.45, 2.75) is 37.7 Å². The summed E-state index contributed by atoms with van der Waals surface area (Å²) in [4.78, 5) is 0. The van der Waals surface area contributed by atoms with Crippen LogP contribution in [0.5, 0.6) is 11.5 Å². The van der Waals surface area contributed by atoms with Gasteiger partial charge in [-0.2, -0.15) is 0 Å². The maximum absolute atomic E-state index is 12.0. The molecule has 164 valence electrons. The zero-order valence-electron chi connectivity index (χ0n) is 18.5. The molecule has 3 unspecified atom stereocenters. The third-order valence-electron chi connectivity index (χ3n) is 6.46. The van der Waals surface area contributed by atoms with Crippen LogP contribution >= 0.6 is 0 Å². The van der Waals surface area contributed by atoms with Gasteiger partial charge in [-0.1, -0.05) is 86.7 Å². The first kappa shape index (κ1) is 21.9. The van der Waals surface area contributed by atoms with Crippen LogP contribution in [-0.2, 0) is 12.0 Å². The van der Waals surface area contributed by atoms with Crippen LogP contribution in [-0.4, -0.2) is 15.3 Å². The van der Waals surface area contributed by atoms with E-state index in [9.17, 15) is 15.3 Å². The van der Waals surface area contributed by atoms with Crippen LogP contribution in [0.3, 0.4) is 0 Å². The van der Waals surface area contributed by atoms with E-state index in [-0.39, 0.29) is 29.3 Å². The van der Waals surface area contributed by atoms with Crippen molar-refractivity contribution < 1.29 is 15.3 Å². The van der Waals surface area contributed by atoms with Crippen molar-refractivity contribution >= 4 is 0 Å². The maximum Gasteiger partial charge on any atom is 0.119 e. The van der Waals surface area contributed by atoms with E-state index in [0.29, 0.717) is 12.0 Å². The molecule has 1 aliphatic carbocycles. The van der Waals surface area contributed by atoms with Crippen LogP contribution in [0.4, 0.5) is 0 Å². The Morgan fingerprint density at radius 2 is 1.56 bits per heavy atom. The van der Waals surface area contributed by atoms with Crippen molar-refractivity contribution in [3.05, 3.63) is 119 Å². The third kappa shape index (κ3) is 4.21. The summed E-state index contributed by atoms with van der Waals surface area (Å²) in [5.41, 5.74) is 2.54. The number of allylic oxidation sites excluding steroid dienone is 2. The Bertz CT molecular complexity index is 1110. The number of aromatic hydroxyl groups is 2. The van der Waals surface area contributed by atoms with Gasteiger partial charge in [0.25, 0.3) is 0 Å². The molecule has 0 aliphatic heterocycles. The standard InChI is InChI=1S/C29H30O3/c1-20(2)24-11-8-13-27(31)28(24)25(19-21-9-4-3-5-10-21)26-12-6-7-18-29(26,32)22-14-16-23(30)17-15-22/h3-18,20,25-26,30-32H,19H2,1-2H3. The summed E-state index contributed by atoms with van der Waals surface area (Å²) in [5, 5.41) is 32.8. The molecule has 0 amide bonds. The highest BCUT2D eigenvalue weighted by molar-refractivity contribution is 5.48. The molecule has 3 aromatic rings. The van der Waals surface area contributed by atoms with E-state index in [1.165, 1.54) is 0 Å². The van der Waals surface area contributed by atoms with Crippen LogP contribution in [0, 0.1) is 5.92 Å². The fourth-order valence-corrected chi connectivity index (χ4v) is 4.86. The first-order valence-corrected chi connectivity index (χ1v) is 11.1. The number of hydrogen-bond acceptors (Lipinski definition) is 3. The second kappa shape index (κ2) is 9.05. The van der Waals surface area contributed by atoms with Crippen molar-refractivity contribution in [3.63, 3.8) is 0 Å².